The third-order valence-electron chi connectivity index (χ3n) is 7.27. The second-order valence-corrected chi connectivity index (χ2v) is 11.1. The fourth-order valence-electron chi connectivity index (χ4n) is 5.77. The van der Waals surface area contributed by atoms with Gasteiger partial charge in [-0.2, -0.15) is 4.98 Å². The summed E-state index contributed by atoms with van der Waals surface area (Å²) >= 11 is 6.18. The number of nitrogens with zero attached hydrogens (tertiary/aromatic N) is 4. The van der Waals surface area contributed by atoms with Crippen LogP contribution in [-0.4, -0.2) is 70.6 Å². The third-order valence-corrected chi connectivity index (χ3v) is 7.52. The highest BCUT2D eigenvalue weighted by atomic mass is 35.5. The first kappa shape index (κ1) is 22.1. The highest BCUT2D eigenvalue weighted by molar-refractivity contribution is 6.30. The molecular formula is C24H28ClFN4O4. The highest BCUT2D eigenvalue weighted by Gasteiger charge is 2.53. The van der Waals surface area contributed by atoms with Gasteiger partial charge in [-0.15, -0.1) is 0 Å². The first-order valence-electron chi connectivity index (χ1n) is 11.8. The normalized spacial score (nSPS) is 28.3. The maximum atomic E-state index is 15.2. The smallest absolute Gasteiger partial charge is 0.410 e. The number of hydrogen-bond acceptors (Lipinski definition) is 7. The Hall–Kier alpha value is -2.39. The summed E-state index contributed by atoms with van der Waals surface area (Å²) in [5, 5.41) is 0.668. The lowest BCUT2D eigenvalue weighted by Gasteiger charge is -2.48. The predicted molar refractivity (Wildman–Crippen MR) is 124 cm³/mol. The van der Waals surface area contributed by atoms with E-state index in [2.05, 4.69) is 9.88 Å². The van der Waals surface area contributed by atoms with Crippen molar-refractivity contribution >= 4 is 34.3 Å². The molecule has 3 saturated heterocycles. The second kappa shape index (κ2) is 7.55. The van der Waals surface area contributed by atoms with E-state index in [9.17, 15) is 4.79 Å². The van der Waals surface area contributed by atoms with Crippen LogP contribution in [0.1, 0.15) is 52.1 Å². The van der Waals surface area contributed by atoms with Crippen molar-refractivity contribution in [1.82, 2.24) is 14.9 Å². The van der Waals surface area contributed by atoms with Gasteiger partial charge < -0.3 is 19.1 Å². The average Bonchev–Trinajstić information content (AvgIpc) is 2.96. The van der Waals surface area contributed by atoms with Crippen LogP contribution in [0.5, 0.6) is 5.88 Å². The Balaban J connectivity index is 1.48. The van der Waals surface area contributed by atoms with Crippen molar-refractivity contribution in [2.75, 3.05) is 24.7 Å². The Morgan fingerprint density at radius 3 is 2.71 bits per heavy atom. The maximum absolute atomic E-state index is 15.2. The van der Waals surface area contributed by atoms with Crippen LogP contribution >= 0.6 is 11.6 Å². The lowest BCUT2D eigenvalue weighted by atomic mass is 9.97. The molecule has 10 heteroatoms. The topological polar surface area (TPSA) is 77.0 Å². The van der Waals surface area contributed by atoms with Gasteiger partial charge in [-0.25, -0.2) is 14.2 Å². The number of amides is 1. The molecule has 3 fully saturated rings. The van der Waals surface area contributed by atoms with E-state index in [1.807, 2.05) is 32.6 Å². The summed E-state index contributed by atoms with van der Waals surface area (Å²) in [6.07, 6.45) is 1.05. The van der Waals surface area contributed by atoms with Crippen LogP contribution in [0.25, 0.3) is 10.8 Å². The summed E-state index contributed by atoms with van der Waals surface area (Å²) in [5.74, 6) is 0.459. The first-order valence-corrected chi connectivity index (χ1v) is 12.2. The van der Waals surface area contributed by atoms with E-state index in [1.54, 1.807) is 6.07 Å². The molecule has 2 aromatic rings. The average molecular weight is 491 g/mol. The van der Waals surface area contributed by atoms with E-state index < -0.39 is 11.4 Å². The van der Waals surface area contributed by atoms with Crippen LogP contribution in [0, 0.1) is 5.82 Å². The zero-order valence-corrected chi connectivity index (χ0v) is 20.4. The van der Waals surface area contributed by atoms with Crippen molar-refractivity contribution in [3.63, 3.8) is 0 Å². The van der Waals surface area contributed by atoms with Gasteiger partial charge >= 0.3 is 6.09 Å². The Morgan fingerprint density at radius 2 is 2.03 bits per heavy atom. The van der Waals surface area contributed by atoms with E-state index in [0.29, 0.717) is 36.3 Å². The van der Waals surface area contributed by atoms with Gasteiger partial charge in [0, 0.05) is 17.8 Å². The molecular weight excluding hydrogens is 463 g/mol. The van der Waals surface area contributed by atoms with E-state index in [1.165, 1.54) is 0 Å². The molecule has 0 unspecified atom stereocenters. The number of hydrogen-bond donors (Lipinski definition) is 0. The minimum Gasteiger partial charge on any atom is -0.472 e. The molecule has 1 amide bonds. The molecule has 34 heavy (non-hydrogen) atoms. The molecule has 4 aliphatic heterocycles. The van der Waals surface area contributed by atoms with Gasteiger partial charge in [0.2, 0.25) is 5.88 Å². The summed E-state index contributed by atoms with van der Waals surface area (Å²) in [5.41, 5.74) is 0.191. The zero-order chi connectivity index (χ0) is 23.9. The molecule has 2 aromatic heterocycles. The number of fused-ring (bicyclic) bond motifs is 5. The highest BCUT2D eigenvalue weighted by Crippen LogP contribution is 2.46. The van der Waals surface area contributed by atoms with Gasteiger partial charge in [0.15, 0.2) is 11.0 Å². The standard InChI is InChI=1S/C24H28ClFN4O4/c1-11-19-16-6-5-13(30(16)23(31)34-24(2,3)4)8-29(19)21-17-14(7-15(27-21)12-9-32-10-12)18(26)20(25)28-22(17)33-11/h7,11-13,16,19H,5-6,8-10H2,1-4H3/t11-,13+,16-,19+/m0/s1. The Morgan fingerprint density at radius 1 is 1.26 bits per heavy atom. The van der Waals surface area contributed by atoms with Crippen molar-refractivity contribution in [3.05, 3.63) is 22.7 Å². The lowest BCUT2D eigenvalue weighted by molar-refractivity contribution is 0.000724. The largest absolute Gasteiger partial charge is 0.472 e. The van der Waals surface area contributed by atoms with E-state index in [4.69, 9.17) is 30.8 Å². The number of piperazine rings is 1. The first-order chi connectivity index (χ1) is 16.1. The number of rotatable bonds is 1. The predicted octanol–water partition coefficient (Wildman–Crippen LogP) is 4.27. The second-order valence-electron chi connectivity index (χ2n) is 10.7. The van der Waals surface area contributed by atoms with Crippen molar-refractivity contribution < 1.29 is 23.4 Å². The van der Waals surface area contributed by atoms with Gasteiger partial charge in [-0.05, 0) is 46.6 Å². The minimum atomic E-state index is -0.583. The maximum Gasteiger partial charge on any atom is 0.410 e. The van der Waals surface area contributed by atoms with Gasteiger partial charge in [0.25, 0.3) is 0 Å². The number of ether oxygens (including phenoxy) is 3. The summed E-state index contributed by atoms with van der Waals surface area (Å²) in [4.78, 5) is 26.5. The van der Waals surface area contributed by atoms with Crippen molar-refractivity contribution in [2.24, 2.45) is 0 Å². The van der Waals surface area contributed by atoms with Crippen LogP contribution in [0.15, 0.2) is 6.07 Å². The summed E-state index contributed by atoms with van der Waals surface area (Å²) in [6.45, 7) is 9.25. The number of halogens is 2. The summed E-state index contributed by atoms with van der Waals surface area (Å²) in [6, 6.07) is 1.41. The van der Waals surface area contributed by atoms with Crippen LogP contribution in [0.2, 0.25) is 5.15 Å². The van der Waals surface area contributed by atoms with E-state index in [-0.39, 0.29) is 47.3 Å². The summed E-state index contributed by atoms with van der Waals surface area (Å²) < 4.78 is 32.7. The lowest BCUT2D eigenvalue weighted by Crippen LogP contribution is -2.65. The van der Waals surface area contributed by atoms with Crippen LogP contribution < -0.4 is 9.64 Å². The Kier molecular flexibility index (Phi) is 4.91. The van der Waals surface area contributed by atoms with Gasteiger partial charge in [-0.3, -0.25) is 4.90 Å². The Labute approximate surface area is 202 Å². The molecule has 0 N–H and O–H groups in total. The zero-order valence-electron chi connectivity index (χ0n) is 19.7. The fraction of sp³-hybridized carbons (Fsp3) is 0.625. The molecule has 2 bridgehead atoms. The molecule has 0 radical (unpaired) electrons. The molecule has 0 aliphatic carbocycles. The van der Waals surface area contributed by atoms with Crippen LogP contribution in [0.3, 0.4) is 0 Å². The molecule has 0 aromatic carbocycles. The fourth-order valence-corrected chi connectivity index (χ4v) is 5.95. The van der Waals surface area contributed by atoms with E-state index in [0.717, 1.165) is 18.5 Å². The molecule has 6 heterocycles. The number of carbonyl (C=O) groups excluding carboxylic acids is 1. The van der Waals surface area contributed by atoms with E-state index >= 15 is 4.39 Å². The van der Waals surface area contributed by atoms with Crippen LogP contribution in [0.4, 0.5) is 15.0 Å². The van der Waals surface area contributed by atoms with Gasteiger partial charge in [0.05, 0.1) is 42.4 Å². The molecule has 4 aliphatic rings. The minimum absolute atomic E-state index is 0.0255. The summed E-state index contributed by atoms with van der Waals surface area (Å²) in [7, 11) is 0. The SMILES string of the molecule is C[C@@H]1Oc2nc(Cl)c(F)c3cc(C4COC4)nc(c23)N2C[C@H]3CC[C@@H]([C@@H]12)N3C(=O)OC(C)(C)C. The molecule has 0 saturated carbocycles. The molecule has 6 rings (SSSR count). The van der Waals surface area contributed by atoms with Gasteiger partial charge in [-0.1, -0.05) is 11.6 Å². The van der Waals surface area contributed by atoms with Crippen molar-refractivity contribution in [2.45, 2.75) is 76.3 Å². The third kappa shape index (κ3) is 3.31. The molecule has 0 spiro atoms. The Bertz CT molecular complexity index is 1180. The van der Waals surface area contributed by atoms with Crippen LogP contribution in [-0.2, 0) is 9.47 Å². The monoisotopic (exact) mass is 490 g/mol. The molecule has 182 valence electrons. The number of pyridine rings is 2. The quantitative estimate of drug-likeness (QED) is 0.552. The number of carbonyl (C=O) groups is 1. The molecule has 4 atom stereocenters. The van der Waals surface area contributed by atoms with Crippen molar-refractivity contribution in [3.8, 4) is 5.88 Å². The molecule has 8 nitrogen and oxygen atoms in total. The number of anilines is 1. The van der Waals surface area contributed by atoms with Crippen molar-refractivity contribution in [1.29, 1.82) is 0 Å². The van der Waals surface area contributed by atoms with Gasteiger partial charge in [0.1, 0.15) is 17.5 Å². The number of aromatic nitrogens is 2.